The summed E-state index contributed by atoms with van der Waals surface area (Å²) >= 11 is 0. The van der Waals surface area contributed by atoms with Gasteiger partial charge >= 0.3 is 0 Å². The lowest BCUT2D eigenvalue weighted by Gasteiger charge is -2.22. The molecule has 0 saturated heterocycles. The van der Waals surface area contributed by atoms with Gasteiger partial charge in [0.1, 0.15) is 0 Å². The van der Waals surface area contributed by atoms with Crippen LogP contribution < -0.4 is 5.32 Å². The van der Waals surface area contributed by atoms with Crippen molar-refractivity contribution in [3.05, 3.63) is 0 Å². The number of ether oxygens (including phenoxy) is 3. The molecule has 0 heterocycles. The van der Waals surface area contributed by atoms with Gasteiger partial charge in [-0.2, -0.15) is 0 Å². The largest absolute Gasteiger partial charge is 0.380 e. The third-order valence-electron chi connectivity index (χ3n) is 3.07. The summed E-state index contributed by atoms with van der Waals surface area (Å²) in [5, 5.41) is 3.47. The van der Waals surface area contributed by atoms with Crippen LogP contribution in [-0.2, 0) is 14.2 Å². The molecule has 0 atom stereocenters. The highest BCUT2D eigenvalue weighted by molar-refractivity contribution is 4.60. The van der Waals surface area contributed by atoms with Gasteiger partial charge in [-0.05, 0) is 40.7 Å². The molecule has 0 saturated carbocycles. The van der Waals surface area contributed by atoms with Crippen molar-refractivity contribution in [1.29, 1.82) is 0 Å². The molecule has 0 fully saturated rings. The van der Waals surface area contributed by atoms with Crippen LogP contribution in [0.2, 0.25) is 0 Å². The highest BCUT2D eigenvalue weighted by Gasteiger charge is 2.04. The summed E-state index contributed by atoms with van der Waals surface area (Å²) in [5.41, 5.74) is 0. The molecule has 5 nitrogen and oxygen atoms in total. The predicted octanol–water partition coefficient (Wildman–Crippen LogP) is 1.77. The number of hydrogen-bond donors (Lipinski definition) is 1. The Morgan fingerprint density at radius 3 is 2.00 bits per heavy atom. The van der Waals surface area contributed by atoms with Crippen LogP contribution >= 0.6 is 0 Å². The smallest absolute Gasteiger partial charge is 0.0593 e. The molecular weight excluding hydrogens is 268 g/mol. The SMILES string of the molecule is CCOCCN(CCNCCCOC(C)C)CCOCC. The van der Waals surface area contributed by atoms with Crippen LogP contribution in [0.4, 0.5) is 0 Å². The minimum absolute atomic E-state index is 0.331. The van der Waals surface area contributed by atoms with Crippen molar-refractivity contribution in [2.24, 2.45) is 0 Å². The Bertz CT molecular complexity index is 194. The Hall–Kier alpha value is -0.200. The van der Waals surface area contributed by atoms with E-state index in [0.717, 1.165) is 72.2 Å². The minimum Gasteiger partial charge on any atom is -0.380 e. The van der Waals surface area contributed by atoms with Crippen LogP contribution in [0, 0.1) is 0 Å². The Balaban J connectivity index is 3.58. The second-order valence-corrected chi connectivity index (χ2v) is 5.26. The zero-order chi connectivity index (χ0) is 15.8. The van der Waals surface area contributed by atoms with Gasteiger partial charge in [0.25, 0.3) is 0 Å². The molecule has 0 rings (SSSR count). The summed E-state index contributed by atoms with van der Waals surface area (Å²) in [6.45, 7) is 17.2. The fraction of sp³-hybridized carbons (Fsp3) is 1.00. The average Bonchev–Trinajstić information content (AvgIpc) is 2.45. The van der Waals surface area contributed by atoms with Crippen LogP contribution in [-0.4, -0.2) is 76.8 Å². The zero-order valence-electron chi connectivity index (χ0n) is 14.5. The van der Waals surface area contributed by atoms with Gasteiger partial charge in [0, 0.05) is 46.0 Å². The van der Waals surface area contributed by atoms with Crippen molar-refractivity contribution in [3.63, 3.8) is 0 Å². The maximum Gasteiger partial charge on any atom is 0.0593 e. The quantitative estimate of drug-likeness (QED) is 0.440. The number of hydrogen-bond acceptors (Lipinski definition) is 5. The minimum atomic E-state index is 0.331. The van der Waals surface area contributed by atoms with Crippen molar-refractivity contribution in [1.82, 2.24) is 10.2 Å². The van der Waals surface area contributed by atoms with Crippen LogP contribution in [0.15, 0.2) is 0 Å². The van der Waals surface area contributed by atoms with E-state index in [9.17, 15) is 0 Å². The molecular formula is C16H36N2O3. The molecule has 1 N–H and O–H groups in total. The van der Waals surface area contributed by atoms with E-state index < -0.39 is 0 Å². The molecule has 5 heteroatoms. The fourth-order valence-electron chi connectivity index (χ4n) is 1.89. The number of nitrogens with zero attached hydrogens (tertiary/aromatic N) is 1. The average molecular weight is 304 g/mol. The Morgan fingerprint density at radius 1 is 0.857 bits per heavy atom. The van der Waals surface area contributed by atoms with Crippen molar-refractivity contribution >= 4 is 0 Å². The number of nitrogens with one attached hydrogen (secondary N) is 1. The normalized spacial score (nSPS) is 11.7. The molecule has 0 aliphatic carbocycles. The molecule has 0 radical (unpaired) electrons. The van der Waals surface area contributed by atoms with E-state index in [1.54, 1.807) is 0 Å². The Labute approximate surface area is 131 Å². The summed E-state index contributed by atoms with van der Waals surface area (Å²) in [6.07, 6.45) is 1.40. The van der Waals surface area contributed by atoms with Gasteiger partial charge in [-0.3, -0.25) is 4.90 Å². The van der Waals surface area contributed by atoms with Crippen molar-refractivity contribution in [2.45, 2.75) is 40.2 Å². The third kappa shape index (κ3) is 16.0. The van der Waals surface area contributed by atoms with E-state index in [2.05, 4.69) is 24.1 Å². The first-order valence-corrected chi connectivity index (χ1v) is 8.40. The molecule has 0 unspecified atom stereocenters. The van der Waals surface area contributed by atoms with Gasteiger partial charge in [-0.15, -0.1) is 0 Å². The van der Waals surface area contributed by atoms with Gasteiger partial charge in [0.15, 0.2) is 0 Å². The molecule has 21 heavy (non-hydrogen) atoms. The lowest BCUT2D eigenvalue weighted by atomic mass is 10.4. The van der Waals surface area contributed by atoms with Crippen molar-refractivity contribution in [3.8, 4) is 0 Å². The molecule has 0 aliphatic heterocycles. The maximum atomic E-state index is 5.52. The third-order valence-corrected chi connectivity index (χ3v) is 3.07. The summed E-state index contributed by atoms with van der Waals surface area (Å²) in [5.74, 6) is 0. The van der Waals surface area contributed by atoms with Gasteiger partial charge in [0.05, 0.1) is 19.3 Å². The maximum absolute atomic E-state index is 5.52. The zero-order valence-corrected chi connectivity index (χ0v) is 14.5. The molecule has 0 amide bonds. The van der Waals surface area contributed by atoms with Crippen molar-refractivity contribution < 1.29 is 14.2 Å². The summed E-state index contributed by atoms with van der Waals surface area (Å²) in [4.78, 5) is 2.39. The lowest BCUT2D eigenvalue weighted by molar-refractivity contribution is 0.0759. The van der Waals surface area contributed by atoms with E-state index >= 15 is 0 Å². The molecule has 0 spiro atoms. The lowest BCUT2D eigenvalue weighted by Crippen LogP contribution is -2.37. The first-order chi connectivity index (χ1) is 10.2. The molecule has 128 valence electrons. The predicted molar refractivity (Wildman–Crippen MR) is 88.0 cm³/mol. The molecule has 0 bridgehead atoms. The second-order valence-electron chi connectivity index (χ2n) is 5.26. The summed E-state index contributed by atoms with van der Waals surface area (Å²) in [7, 11) is 0. The first kappa shape index (κ1) is 20.8. The highest BCUT2D eigenvalue weighted by atomic mass is 16.5. The van der Waals surface area contributed by atoms with Crippen LogP contribution in [0.5, 0.6) is 0 Å². The molecule has 0 aromatic heterocycles. The molecule has 0 aromatic rings. The van der Waals surface area contributed by atoms with E-state index in [-0.39, 0.29) is 0 Å². The van der Waals surface area contributed by atoms with Gasteiger partial charge in [0.2, 0.25) is 0 Å². The van der Waals surface area contributed by atoms with Gasteiger partial charge in [-0.1, -0.05) is 0 Å². The van der Waals surface area contributed by atoms with E-state index in [4.69, 9.17) is 14.2 Å². The van der Waals surface area contributed by atoms with E-state index in [0.29, 0.717) is 6.10 Å². The molecule has 0 aromatic carbocycles. The fourth-order valence-corrected chi connectivity index (χ4v) is 1.89. The standard InChI is InChI=1S/C16H36N2O3/c1-5-19-14-11-18(12-15-20-6-2)10-9-17-8-7-13-21-16(3)4/h16-17H,5-15H2,1-4H3. The van der Waals surface area contributed by atoms with Crippen LogP contribution in [0.3, 0.4) is 0 Å². The summed E-state index contributed by atoms with van der Waals surface area (Å²) < 4.78 is 16.4. The summed E-state index contributed by atoms with van der Waals surface area (Å²) in [6, 6.07) is 0. The highest BCUT2D eigenvalue weighted by Crippen LogP contribution is 1.91. The monoisotopic (exact) mass is 304 g/mol. The van der Waals surface area contributed by atoms with Gasteiger partial charge < -0.3 is 19.5 Å². The van der Waals surface area contributed by atoms with Crippen molar-refractivity contribution in [2.75, 3.05) is 65.8 Å². The van der Waals surface area contributed by atoms with Crippen LogP contribution in [0.25, 0.3) is 0 Å². The van der Waals surface area contributed by atoms with Crippen LogP contribution in [0.1, 0.15) is 34.1 Å². The Kier molecular flexibility index (Phi) is 16.0. The van der Waals surface area contributed by atoms with Gasteiger partial charge in [-0.25, -0.2) is 0 Å². The Morgan fingerprint density at radius 2 is 1.48 bits per heavy atom. The second kappa shape index (κ2) is 16.2. The first-order valence-electron chi connectivity index (χ1n) is 8.40. The topological polar surface area (TPSA) is 43.0 Å². The van der Waals surface area contributed by atoms with E-state index in [1.165, 1.54) is 0 Å². The number of rotatable bonds is 16. The molecule has 0 aliphatic rings. The van der Waals surface area contributed by atoms with E-state index in [1.807, 2.05) is 13.8 Å².